The summed E-state index contributed by atoms with van der Waals surface area (Å²) in [5.74, 6) is 0.377. The van der Waals surface area contributed by atoms with Crippen molar-refractivity contribution < 1.29 is 9.53 Å². The average Bonchev–Trinajstić information content (AvgIpc) is 2.64. The van der Waals surface area contributed by atoms with Gasteiger partial charge < -0.3 is 10.1 Å². The van der Waals surface area contributed by atoms with Gasteiger partial charge in [-0.2, -0.15) is 5.10 Å². The molecule has 3 aromatic rings. The second-order valence-electron chi connectivity index (χ2n) is 5.23. The fraction of sp³-hybridized carbons (Fsp3) is 0.111. The molecule has 0 unspecified atom stereocenters. The lowest BCUT2D eigenvalue weighted by atomic mass is 10.1. The van der Waals surface area contributed by atoms with Gasteiger partial charge in [-0.1, -0.05) is 0 Å². The lowest BCUT2D eigenvalue weighted by Crippen LogP contribution is -2.29. The van der Waals surface area contributed by atoms with Gasteiger partial charge in [-0.15, -0.1) is 0 Å². The van der Waals surface area contributed by atoms with Gasteiger partial charge in [0, 0.05) is 17.8 Å². The van der Waals surface area contributed by atoms with Gasteiger partial charge in [0.25, 0.3) is 5.56 Å². The molecular weight excluding hydrogens is 320 g/mol. The average molecular weight is 336 g/mol. The Morgan fingerprint density at radius 1 is 1.16 bits per heavy atom. The van der Waals surface area contributed by atoms with Crippen LogP contribution in [0.1, 0.15) is 0 Å². The van der Waals surface area contributed by atoms with Crippen LogP contribution in [0.5, 0.6) is 5.75 Å². The van der Waals surface area contributed by atoms with Gasteiger partial charge >= 0.3 is 0 Å². The number of pyridine rings is 1. The number of benzene rings is 1. The van der Waals surface area contributed by atoms with E-state index >= 15 is 0 Å². The molecule has 0 saturated heterocycles. The number of hydrogen-bond acceptors (Lipinski definition) is 5. The molecule has 7 heteroatoms. The number of nitrogens with zero attached hydrogens (tertiary/aromatic N) is 3. The van der Waals surface area contributed by atoms with Crippen LogP contribution in [0.2, 0.25) is 0 Å². The molecule has 1 N–H and O–H groups in total. The van der Waals surface area contributed by atoms with Crippen molar-refractivity contribution in [2.75, 3.05) is 12.4 Å². The molecule has 25 heavy (non-hydrogen) atoms. The van der Waals surface area contributed by atoms with Crippen LogP contribution in [0.25, 0.3) is 11.3 Å². The zero-order chi connectivity index (χ0) is 17.6. The normalized spacial score (nSPS) is 10.3. The topological polar surface area (TPSA) is 86.1 Å². The number of hydrogen-bond donors (Lipinski definition) is 1. The predicted octanol–water partition coefficient (Wildman–Crippen LogP) is 1.95. The number of ether oxygens (including phenoxy) is 1. The Morgan fingerprint density at radius 3 is 2.64 bits per heavy atom. The van der Waals surface area contributed by atoms with Crippen molar-refractivity contribution in [3.63, 3.8) is 0 Å². The number of rotatable bonds is 5. The van der Waals surface area contributed by atoms with Gasteiger partial charge in [-0.25, -0.2) is 4.68 Å². The molecule has 0 radical (unpaired) electrons. The Kier molecular flexibility index (Phi) is 4.84. The van der Waals surface area contributed by atoms with E-state index in [1.165, 1.54) is 12.3 Å². The Balaban J connectivity index is 1.79. The fourth-order valence-electron chi connectivity index (χ4n) is 2.25. The Labute approximate surface area is 143 Å². The first kappa shape index (κ1) is 16.4. The largest absolute Gasteiger partial charge is 0.497 e. The summed E-state index contributed by atoms with van der Waals surface area (Å²) < 4.78 is 6.25. The molecule has 0 bridgehead atoms. The van der Waals surface area contributed by atoms with Crippen LogP contribution in [0.15, 0.2) is 65.7 Å². The zero-order valence-corrected chi connectivity index (χ0v) is 13.5. The number of carbonyl (C=O) groups excluding carboxylic acids is 1. The summed E-state index contributed by atoms with van der Waals surface area (Å²) in [6, 6.07) is 13.7. The molecular formula is C18H16N4O3. The Bertz CT molecular complexity index is 921. The Morgan fingerprint density at radius 2 is 1.96 bits per heavy atom. The summed E-state index contributed by atoms with van der Waals surface area (Å²) in [6.07, 6.45) is 3.14. The fourth-order valence-corrected chi connectivity index (χ4v) is 2.25. The van der Waals surface area contributed by atoms with Crippen LogP contribution in [0, 0.1) is 0 Å². The maximum atomic E-state index is 12.1. The van der Waals surface area contributed by atoms with E-state index in [4.69, 9.17) is 4.74 Å². The highest BCUT2D eigenvalue weighted by Gasteiger charge is 2.08. The second kappa shape index (κ2) is 7.39. The first-order chi connectivity index (χ1) is 12.2. The highest BCUT2D eigenvalue weighted by molar-refractivity contribution is 5.90. The number of amides is 1. The summed E-state index contributed by atoms with van der Waals surface area (Å²) in [4.78, 5) is 28.0. The SMILES string of the molecule is COc1ccc(-c2ccc(=O)n(CC(=O)Nc3cccnc3)n2)cc1. The third kappa shape index (κ3) is 4.08. The van der Waals surface area contributed by atoms with Crippen molar-refractivity contribution in [2.45, 2.75) is 6.54 Å². The van der Waals surface area contributed by atoms with Crippen molar-refractivity contribution in [1.29, 1.82) is 0 Å². The summed E-state index contributed by atoms with van der Waals surface area (Å²) in [6.45, 7) is -0.183. The number of carbonyl (C=O) groups is 1. The van der Waals surface area contributed by atoms with Crippen LogP contribution in [0.4, 0.5) is 5.69 Å². The van der Waals surface area contributed by atoms with Crippen LogP contribution < -0.4 is 15.6 Å². The molecule has 7 nitrogen and oxygen atoms in total. The van der Waals surface area contributed by atoms with Crippen molar-refractivity contribution in [1.82, 2.24) is 14.8 Å². The molecule has 3 rings (SSSR count). The van der Waals surface area contributed by atoms with E-state index in [0.29, 0.717) is 11.4 Å². The van der Waals surface area contributed by atoms with Crippen LogP contribution in [-0.4, -0.2) is 27.8 Å². The van der Waals surface area contributed by atoms with Crippen LogP contribution in [0.3, 0.4) is 0 Å². The van der Waals surface area contributed by atoms with E-state index in [9.17, 15) is 9.59 Å². The number of aromatic nitrogens is 3. The van der Waals surface area contributed by atoms with E-state index in [-0.39, 0.29) is 18.0 Å². The molecule has 1 amide bonds. The van der Waals surface area contributed by atoms with Crippen molar-refractivity contribution in [3.05, 3.63) is 71.3 Å². The third-order valence-corrected chi connectivity index (χ3v) is 3.49. The first-order valence-corrected chi connectivity index (χ1v) is 7.58. The molecule has 0 fully saturated rings. The van der Waals surface area contributed by atoms with Gasteiger partial charge in [0.1, 0.15) is 12.3 Å². The highest BCUT2D eigenvalue weighted by Crippen LogP contribution is 2.19. The van der Waals surface area contributed by atoms with Crippen molar-refractivity contribution in [2.24, 2.45) is 0 Å². The minimum atomic E-state index is -0.352. The molecule has 0 aliphatic rings. The van der Waals surface area contributed by atoms with Crippen molar-refractivity contribution >= 4 is 11.6 Å². The summed E-state index contributed by atoms with van der Waals surface area (Å²) in [5, 5.41) is 6.94. The molecule has 0 atom stereocenters. The second-order valence-corrected chi connectivity index (χ2v) is 5.23. The van der Waals surface area contributed by atoms with Gasteiger partial charge in [-0.3, -0.25) is 14.6 Å². The minimum Gasteiger partial charge on any atom is -0.497 e. The van der Waals surface area contributed by atoms with E-state index in [2.05, 4.69) is 15.4 Å². The maximum Gasteiger partial charge on any atom is 0.267 e. The van der Waals surface area contributed by atoms with E-state index < -0.39 is 0 Å². The molecule has 1 aromatic carbocycles. The molecule has 0 spiro atoms. The van der Waals surface area contributed by atoms with Gasteiger partial charge in [0.05, 0.1) is 24.7 Å². The quantitative estimate of drug-likeness (QED) is 0.770. The molecule has 0 aliphatic carbocycles. The Hall–Kier alpha value is -3.48. The highest BCUT2D eigenvalue weighted by atomic mass is 16.5. The minimum absolute atomic E-state index is 0.183. The summed E-state index contributed by atoms with van der Waals surface area (Å²) >= 11 is 0. The molecule has 2 aromatic heterocycles. The molecule has 126 valence electrons. The third-order valence-electron chi connectivity index (χ3n) is 3.49. The van der Waals surface area contributed by atoms with Crippen LogP contribution >= 0.6 is 0 Å². The van der Waals surface area contributed by atoms with Crippen LogP contribution in [-0.2, 0) is 11.3 Å². The first-order valence-electron chi connectivity index (χ1n) is 7.58. The van der Waals surface area contributed by atoms with Gasteiger partial charge in [-0.05, 0) is 42.5 Å². The molecule has 0 aliphatic heterocycles. The van der Waals surface area contributed by atoms with E-state index in [0.717, 1.165) is 16.0 Å². The lowest BCUT2D eigenvalue weighted by Gasteiger charge is -2.08. The number of nitrogens with one attached hydrogen (secondary N) is 1. The van der Waals surface area contributed by atoms with Gasteiger partial charge in [0.15, 0.2) is 0 Å². The molecule has 2 heterocycles. The van der Waals surface area contributed by atoms with E-state index in [1.807, 2.05) is 24.3 Å². The molecule has 0 saturated carbocycles. The maximum absolute atomic E-state index is 12.1. The standard InChI is InChI=1S/C18H16N4O3/c1-25-15-6-4-13(5-7-15)16-8-9-18(24)22(21-16)12-17(23)20-14-3-2-10-19-11-14/h2-11H,12H2,1H3,(H,20,23). The smallest absolute Gasteiger partial charge is 0.267 e. The van der Waals surface area contributed by atoms with Gasteiger partial charge in [0.2, 0.25) is 5.91 Å². The number of methoxy groups -OCH3 is 1. The van der Waals surface area contributed by atoms with E-state index in [1.54, 1.807) is 31.5 Å². The lowest BCUT2D eigenvalue weighted by molar-refractivity contribution is -0.117. The zero-order valence-electron chi connectivity index (χ0n) is 13.5. The number of anilines is 1. The summed E-state index contributed by atoms with van der Waals surface area (Å²) in [7, 11) is 1.59. The monoisotopic (exact) mass is 336 g/mol. The van der Waals surface area contributed by atoms with Crippen molar-refractivity contribution in [3.8, 4) is 17.0 Å². The predicted molar refractivity (Wildman–Crippen MR) is 93.4 cm³/mol. The summed E-state index contributed by atoms with van der Waals surface area (Å²) in [5.41, 5.74) is 1.63.